The zero-order chi connectivity index (χ0) is 19.9. The van der Waals surface area contributed by atoms with Gasteiger partial charge in [-0.1, -0.05) is 71.8 Å². The Labute approximate surface area is 172 Å². The quantitative estimate of drug-likeness (QED) is 0.503. The van der Waals surface area contributed by atoms with Gasteiger partial charge < -0.3 is 0 Å². The molecule has 0 aliphatic carbocycles. The van der Waals surface area contributed by atoms with Crippen LogP contribution < -0.4 is 0 Å². The minimum atomic E-state index is -1.46. The summed E-state index contributed by atoms with van der Waals surface area (Å²) in [6, 6.07) is 25.3. The van der Waals surface area contributed by atoms with Gasteiger partial charge in [0, 0.05) is 9.79 Å². The van der Waals surface area contributed by atoms with E-state index >= 15 is 0 Å². The van der Waals surface area contributed by atoms with Crippen LogP contribution in [0.15, 0.2) is 99.0 Å². The lowest BCUT2D eigenvalue weighted by Gasteiger charge is -2.09. The van der Waals surface area contributed by atoms with Crippen molar-refractivity contribution in [3.05, 3.63) is 106 Å². The van der Waals surface area contributed by atoms with E-state index in [1.54, 1.807) is 0 Å². The first-order valence-electron chi connectivity index (χ1n) is 9.25. The summed E-state index contributed by atoms with van der Waals surface area (Å²) in [5.74, 6) is 0. The summed E-state index contributed by atoms with van der Waals surface area (Å²) in [5.41, 5.74) is 3.42. The number of hydrogen-bond acceptors (Lipinski definition) is 2. The predicted octanol–water partition coefficient (Wildman–Crippen LogP) is 5.69. The van der Waals surface area contributed by atoms with Crippen molar-refractivity contribution < 1.29 is 8.42 Å². The van der Waals surface area contributed by atoms with Crippen LogP contribution in [0.1, 0.15) is 23.1 Å². The minimum Gasteiger partial charge on any atom is -0.248 e. The highest BCUT2D eigenvalue weighted by Gasteiger charge is 2.18. The predicted molar refractivity (Wildman–Crippen MR) is 118 cm³/mol. The fourth-order valence-corrected chi connectivity index (χ4v) is 5.67. The Morgan fingerprint density at radius 2 is 1.18 bits per heavy atom. The van der Waals surface area contributed by atoms with Crippen molar-refractivity contribution in [2.75, 3.05) is 0 Å². The summed E-state index contributed by atoms with van der Waals surface area (Å²) < 4.78 is 26.9. The molecule has 2 unspecified atom stereocenters. The summed E-state index contributed by atoms with van der Waals surface area (Å²) in [6.07, 6.45) is 3.40. The van der Waals surface area contributed by atoms with E-state index in [1.165, 1.54) is 5.56 Å². The average molecular weight is 409 g/mol. The molecule has 4 heteroatoms. The van der Waals surface area contributed by atoms with Crippen molar-refractivity contribution in [3.63, 3.8) is 0 Å². The minimum absolute atomic E-state index is 0.462. The summed E-state index contributed by atoms with van der Waals surface area (Å²) in [4.78, 5) is 1.36. The molecule has 0 amide bonds. The van der Waals surface area contributed by atoms with Crippen LogP contribution in [-0.2, 0) is 28.0 Å². The van der Waals surface area contributed by atoms with Crippen molar-refractivity contribution in [2.45, 2.75) is 36.5 Å². The Bertz CT molecular complexity index is 930. The van der Waals surface area contributed by atoms with E-state index in [-0.39, 0.29) is 0 Å². The lowest BCUT2D eigenvalue weighted by molar-refractivity contribution is 0.682. The van der Waals surface area contributed by atoms with Gasteiger partial charge in [0.2, 0.25) is 0 Å². The van der Waals surface area contributed by atoms with Crippen LogP contribution in [-0.4, -0.2) is 8.42 Å². The molecule has 2 atom stereocenters. The molecule has 3 aromatic carbocycles. The SMILES string of the molecule is Cc1ccc(S(=O)C(=CCCc2ccccc2)S(=O)c2ccc(C)cc2)cc1. The van der Waals surface area contributed by atoms with Crippen LogP contribution >= 0.6 is 0 Å². The van der Waals surface area contributed by atoms with E-state index in [0.29, 0.717) is 20.4 Å². The van der Waals surface area contributed by atoms with Gasteiger partial charge in [-0.3, -0.25) is 0 Å². The summed E-state index contributed by atoms with van der Waals surface area (Å²) in [7, 11) is -2.92. The number of aryl methyl sites for hydroxylation is 3. The van der Waals surface area contributed by atoms with Crippen LogP contribution in [0.2, 0.25) is 0 Å². The van der Waals surface area contributed by atoms with Gasteiger partial charge in [-0.2, -0.15) is 0 Å². The van der Waals surface area contributed by atoms with Crippen LogP contribution in [0.25, 0.3) is 0 Å². The Morgan fingerprint density at radius 1 is 0.714 bits per heavy atom. The second-order valence-electron chi connectivity index (χ2n) is 6.71. The van der Waals surface area contributed by atoms with Crippen LogP contribution in [0, 0.1) is 13.8 Å². The monoisotopic (exact) mass is 408 g/mol. The third kappa shape index (κ3) is 5.37. The largest absolute Gasteiger partial charge is 0.248 e. The van der Waals surface area contributed by atoms with Crippen molar-refractivity contribution in [2.24, 2.45) is 0 Å². The first-order chi connectivity index (χ1) is 13.5. The third-order valence-electron chi connectivity index (χ3n) is 4.42. The average Bonchev–Trinajstić information content (AvgIpc) is 2.72. The molecule has 0 fully saturated rings. The van der Waals surface area contributed by atoms with Gasteiger partial charge in [-0.25, -0.2) is 8.42 Å². The summed E-state index contributed by atoms with van der Waals surface area (Å²) in [6.45, 7) is 3.99. The molecule has 0 N–H and O–H groups in total. The first kappa shape index (κ1) is 20.4. The Morgan fingerprint density at radius 3 is 1.64 bits per heavy atom. The lowest BCUT2D eigenvalue weighted by Crippen LogP contribution is -2.05. The highest BCUT2D eigenvalue weighted by molar-refractivity contribution is 8.08. The Kier molecular flexibility index (Phi) is 7.12. The first-order valence-corrected chi connectivity index (χ1v) is 11.6. The molecule has 0 aliphatic heterocycles. The normalized spacial score (nSPS) is 12.9. The fraction of sp³-hybridized carbons (Fsp3) is 0.167. The van der Waals surface area contributed by atoms with E-state index in [0.717, 1.165) is 17.5 Å². The molecule has 2 nitrogen and oxygen atoms in total. The highest BCUT2D eigenvalue weighted by atomic mass is 32.2. The van der Waals surface area contributed by atoms with Gasteiger partial charge in [0.1, 0.15) is 4.24 Å². The highest BCUT2D eigenvalue weighted by Crippen LogP contribution is 2.24. The standard InChI is InChI=1S/C24H24O2S2/c1-19-11-15-22(16-12-19)27(25)24(10-6-9-21-7-4-3-5-8-21)28(26)23-17-13-20(2)14-18-23/h3-5,7-8,10-18H,6,9H2,1-2H3. The molecule has 0 radical (unpaired) electrons. The number of rotatable bonds is 7. The Hall–Kier alpha value is -2.30. The van der Waals surface area contributed by atoms with Crippen molar-refractivity contribution >= 4 is 21.6 Å². The van der Waals surface area contributed by atoms with Gasteiger partial charge >= 0.3 is 0 Å². The van der Waals surface area contributed by atoms with Gasteiger partial charge in [0.25, 0.3) is 0 Å². The maximum absolute atomic E-state index is 13.2. The summed E-state index contributed by atoms with van der Waals surface area (Å²) >= 11 is 0. The molecule has 0 aliphatic rings. The van der Waals surface area contributed by atoms with E-state index in [9.17, 15) is 8.42 Å². The van der Waals surface area contributed by atoms with Crippen LogP contribution in [0.5, 0.6) is 0 Å². The number of benzene rings is 3. The zero-order valence-corrected chi connectivity index (χ0v) is 17.8. The van der Waals surface area contributed by atoms with Crippen molar-refractivity contribution in [3.8, 4) is 0 Å². The van der Waals surface area contributed by atoms with Gasteiger partial charge in [0.05, 0.1) is 21.6 Å². The van der Waals surface area contributed by atoms with Crippen molar-refractivity contribution in [1.29, 1.82) is 0 Å². The lowest BCUT2D eigenvalue weighted by atomic mass is 10.1. The second-order valence-corrected chi connectivity index (χ2v) is 9.87. The molecule has 0 heterocycles. The zero-order valence-electron chi connectivity index (χ0n) is 16.1. The van der Waals surface area contributed by atoms with Crippen LogP contribution in [0.3, 0.4) is 0 Å². The summed E-state index contributed by atoms with van der Waals surface area (Å²) in [5, 5.41) is 0. The molecule has 0 spiro atoms. The van der Waals surface area contributed by atoms with Gasteiger partial charge in [0.15, 0.2) is 0 Å². The second kappa shape index (κ2) is 9.76. The molecule has 28 heavy (non-hydrogen) atoms. The maximum atomic E-state index is 13.2. The van der Waals surface area contributed by atoms with E-state index < -0.39 is 21.6 Å². The van der Waals surface area contributed by atoms with E-state index in [1.807, 2.05) is 86.7 Å². The van der Waals surface area contributed by atoms with E-state index in [2.05, 4.69) is 12.1 Å². The smallest absolute Gasteiger partial charge is 0.109 e. The molecule has 0 bridgehead atoms. The van der Waals surface area contributed by atoms with Gasteiger partial charge in [-0.05, 0) is 56.5 Å². The fourth-order valence-electron chi connectivity index (χ4n) is 2.78. The van der Waals surface area contributed by atoms with E-state index in [4.69, 9.17) is 0 Å². The Balaban J connectivity index is 1.89. The maximum Gasteiger partial charge on any atom is 0.109 e. The van der Waals surface area contributed by atoms with Crippen molar-refractivity contribution in [1.82, 2.24) is 0 Å². The van der Waals surface area contributed by atoms with Crippen LogP contribution in [0.4, 0.5) is 0 Å². The number of hydrogen-bond donors (Lipinski definition) is 0. The van der Waals surface area contributed by atoms with Gasteiger partial charge in [-0.15, -0.1) is 0 Å². The molecule has 0 aromatic heterocycles. The molecule has 3 rings (SSSR count). The topological polar surface area (TPSA) is 34.1 Å². The molecule has 0 saturated heterocycles. The molecular formula is C24H24O2S2. The molecule has 3 aromatic rings. The third-order valence-corrected chi connectivity index (χ3v) is 7.80. The number of allylic oxidation sites excluding steroid dienone is 1. The molecule has 144 valence electrons. The molecular weight excluding hydrogens is 384 g/mol. The molecule has 0 saturated carbocycles.